The lowest BCUT2D eigenvalue weighted by Gasteiger charge is -2.31. The van der Waals surface area contributed by atoms with Gasteiger partial charge in [-0.05, 0) is 23.3 Å². The van der Waals surface area contributed by atoms with Crippen molar-refractivity contribution in [3.63, 3.8) is 0 Å². The topological polar surface area (TPSA) is 107 Å². The fraction of sp³-hybridized carbons (Fsp3) is 0.400. The van der Waals surface area contributed by atoms with Gasteiger partial charge in [-0.2, -0.15) is 0 Å². The van der Waals surface area contributed by atoms with Gasteiger partial charge in [0.1, 0.15) is 24.6 Å². The summed E-state index contributed by atoms with van der Waals surface area (Å²) >= 11 is 5.94. The average Bonchev–Trinajstić information content (AvgIpc) is 3.21. The molecule has 0 bridgehead atoms. The number of fused-ring (bicyclic) bond motifs is 1. The Morgan fingerprint density at radius 2 is 1.93 bits per heavy atom. The first-order chi connectivity index (χ1) is 13.3. The van der Waals surface area contributed by atoms with Gasteiger partial charge in [-0.1, -0.05) is 49.7 Å². The van der Waals surface area contributed by atoms with Crippen molar-refractivity contribution >= 4 is 23.8 Å². The Morgan fingerprint density at radius 3 is 2.61 bits per heavy atom. The van der Waals surface area contributed by atoms with Crippen LogP contribution in [0.25, 0.3) is 0 Å². The van der Waals surface area contributed by atoms with E-state index in [-0.39, 0.29) is 0 Å². The van der Waals surface area contributed by atoms with E-state index in [4.69, 9.17) is 16.3 Å². The predicted molar refractivity (Wildman–Crippen MR) is 106 cm³/mol. The van der Waals surface area contributed by atoms with Crippen molar-refractivity contribution in [1.82, 2.24) is 5.48 Å². The summed E-state index contributed by atoms with van der Waals surface area (Å²) in [7, 11) is 0. The highest BCUT2D eigenvalue weighted by atomic mass is 35.5. The Bertz CT molecular complexity index is 891. The summed E-state index contributed by atoms with van der Waals surface area (Å²) in [6, 6.07) is 6.54. The number of amidine groups is 1. The maximum atomic E-state index is 11.0. The van der Waals surface area contributed by atoms with Crippen LogP contribution in [0.1, 0.15) is 25.5 Å². The van der Waals surface area contributed by atoms with Crippen LogP contribution in [0.2, 0.25) is 5.02 Å². The van der Waals surface area contributed by atoms with Crippen molar-refractivity contribution in [2.75, 3.05) is 0 Å². The maximum absolute atomic E-state index is 11.0. The molecule has 1 fully saturated rings. The second kappa shape index (κ2) is 7.09. The Balaban J connectivity index is 1.59. The van der Waals surface area contributed by atoms with E-state index in [9.17, 15) is 15.4 Å². The number of rotatable bonds is 3. The number of hydrogen-bond donors (Lipinski definition) is 4. The number of aliphatic hydroxyl groups is 2. The van der Waals surface area contributed by atoms with Gasteiger partial charge in [-0.15, -0.1) is 0 Å². The first-order valence-corrected chi connectivity index (χ1v) is 9.41. The smallest absolute Gasteiger partial charge is 0.157 e. The fourth-order valence-electron chi connectivity index (χ4n) is 4.04. The highest BCUT2D eigenvalue weighted by Gasteiger charge is 2.55. The molecule has 0 amide bonds. The van der Waals surface area contributed by atoms with Crippen LogP contribution in [-0.2, 0) is 4.74 Å². The first kappa shape index (κ1) is 19.3. The molecule has 0 aromatic heterocycles. The second-order valence-corrected chi connectivity index (χ2v) is 8.22. The molecule has 0 spiro atoms. The van der Waals surface area contributed by atoms with Crippen molar-refractivity contribution in [3.8, 4) is 0 Å². The van der Waals surface area contributed by atoms with E-state index in [1.165, 1.54) is 6.34 Å². The molecule has 2 unspecified atom stereocenters. The monoisotopic (exact) mass is 403 g/mol. The zero-order valence-corrected chi connectivity index (χ0v) is 16.2. The molecule has 8 heteroatoms. The molecule has 7 nitrogen and oxygen atoms in total. The lowest BCUT2D eigenvalue weighted by atomic mass is 9.76. The minimum Gasteiger partial charge on any atom is -0.389 e. The van der Waals surface area contributed by atoms with Crippen molar-refractivity contribution in [2.45, 2.75) is 44.3 Å². The maximum Gasteiger partial charge on any atom is 0.157 e. The van der Waals surface area contributed by atoms with Crippen molar-refractivity contribution < 1.29 is 20.2 Å². The van der Waals surface area contributed by atoms with Crippen LogP contribution in [0.3, 0.4) is 0 Å². The summed E-state index contributed by atoms with van der Waals surface area (Å²) < 4.78 is 6.21. The SMILES string of the molecule is CC1(C)C([C@H](O)c2ccc(Cl)cc2)O[C@@H](C2=CC=C3C(NO)=NC=NC32)[C@@H]1O. The summed E-state index contributed by atoms with van der Waals surface area (Å²) in [4.78, 5) is 8.36. The van der Waals surface area contributed by atoms with Gasteiger partial charge >= 0.3 is 0 Å². The third kappa shape index (κ3) is 3.00. The number of nitrogens with zero attached hydrogens (tertiary/aromatic N) is 2. The quantitative estimate of drug-likeness (QED) is 0.579. The van der Waals surface area contributed by atoms with E-state index in [2.05, 4.69) is 15.5 Å². The van der Waals surface area contributed by atoms with E-state index in [1.807, 2.05) is 19.9 Å². The van der Waals surface area contributed by atoms with Gasteiger partial charge in [0.25, 0.3) is 0 Å². The Hall–Kier alpha value is -2.03. The van der Waals surface area contributed by atoms with Gasteiger partial charge in [-0.25, -0.2) is 4.99 Å². The molecule has 1 aromatic carbocycles. The molecular weight excluding hydrogens is 382 g/mol. The minimum absolute atomic E-state index is 0.316. The van der Waals surface area contributed by atoms with Gasteiger partial charge < -0.3 is 14.9 Å². The highest BCUT2D eigenvalue weighted by molar-refractivity contribution is 6.30. The summed E-state index contributed by atoms with van der Waals surface area (Å²) in [5.41, 5.74) is 3.50. The predicted octanol–water partition coefficient (Wildman–Crippen LogP) is 2.18. The first-order valence-electron chi connectivity index (χ1n) is 9.03. The molecule has 2 aliphatic heterocycles. The van der Waals surface area contributed by atoms with E-state index in [1.54, 1.807) is 30.3 Å². The number of nitrogens with one attached hydrogen (secondary N) is 1. The van der Waals surface area contributed by atoms with E-state index in [0.717, 1.165) is 5.57 Å². The van der Waals surface area contributed by atoms with E-state index >= 15 is 0 Å². The summed E-state index contributed by atoms with van der Waals surface area (Å²) in [5, 5.41) is 31.8. The van der Waals surface area contributed by atoms with Crippen LogP contribution in [0.5, 0.6) is 0 Å². The molecule has 148 valence electrons. The summed E-state index contributed by atoms with van der Waals surface area (Å²) in [6.07, 6.45) is 1.95. The Kier molecular flexibility index (Phi) is 4.89. The lowest BCUT2D eigenvalue weighted by Crippen LogP contribution is -2.40. The van der Waals surface area contributed by atoms with Crippen LogP contribution in [0.4, 0.5) is 0 Å². The van der Waals surface area contributed by atoms with E-state index in [0.29, 0.717) is 22.0 Å². The molecule has 5 atom stereocenters. The van der Waals surface area contributed by atoms with E-state index < -0.39 is 35.9 Å². The molecule has 4 N–H and O–H groups in total. The third-order valence-corrected chi connectivity index (χ3v) is 6.00. The highest BCUT2D eigenvalue weighted by Crippen LogP contribution is 2.47. The molecule has 1 aromatic rings. The molecule has 1 saturated heterocycles. The standard InChI is InChI=1S/C20H22ClN3O4/c1-20(2)17(26)16(12-7-8-13-14(12)22-9-23-19(13)24-27)28-18(20)15(25)10-3-5-11(21)6-4-10/h3-9,14-18,25-27H,1-2H3,(H,22,23,24)/t14?,15-,16+,17+,18?/m1/s1. The zero-order valence-electron chi connectivity index (χ0n) is 15.5. The number of aliphatic imine (C=N–C) groups is 2. The minimum atomic E-state index is -0.924. The molecule has 0 radical (unpaired) electrons. The lowest BCUT2D eigenvalue weighted by molar-refractivity contribution is -0.0572. The van der Waals surface area contributed by atoms with Gasteiger partial charge in [0.2, 0.25) is 0 Å². The number of hydrogen-bond acceptors (Lipinski definition) is 7. The largest absolute Gasteiger partial charge is 0.389 e. The third-order valence-electron chi connectivity index (χ3n) is 5.75. The van der Waals surface area contributed by atoms with Crippen LogP contribution in [-0.4, -0.2) is 51.9 Å². The van der Waals surface area contributed by atoms with Gasteiger partial charge in [0.05, 0.1) is 12.2 Å². The molecule has 3 aliphatic rings. The number of halogens is 1. The fourth-order valence-corrected chi connectivity index (χ4v) is 4.17. The number of hydroxylamine groups is 1. The van der Waals surface area contributed by atoms with Crippen molar-refractivity contribution in [3.05, 3.63) is 58.1 Å². The molecule has 4 rings (SSSR count). The molecular formula is C20H22ClN3O4. The van der Waals surface area contributed by atoms with Gasteiger partial charge in [-0.3, -0.25) is 15.7 Å². The number of benzene rings is 1. The Morgan fingerprint density at radius 1 is 1.21 bits per heavy atom. The molecule has 2 heterocycles. The normalized spacial score (nSPS) is 31.7. The van der Waals surface area contributed by atoms with Crippen LogP contribution < -0.4 is 5.48 Å². The van der Waals surface area contributed by atoms with Crippen molar-refractivity contribution in [2.24, 2.45) is 15.4 Å². The Labute approximate surface area is 167 Å². The summed E-state index contributed by atoms with van der Waals surface area (Å²) in [5.74, 6) is 0.316. The zero-order chi connectivity index (χ0) is 20.1. The number of ether oxygens (including phenoxy) is 1. The van der Waals surface area contributed by atoms with Crippen LogP contribution in [0.15, 0.2) is 57.5 Å². The van der Waals surface area contributed by atoms with Crippen LogP contribution in [0, 0.1) is 5.41 Å². The molecule has 28 heavy (non-hydrogen) atoms. The van der Waals surface area contributed by atoms with Gasteiger partial charge in [0, 0.05) is 16.0 Å². The average molecular weight is 404 g/mol. The number of allylic oxidation sites excluding steroid dienone is 2. The molecule has 1 aliphatic carbocycles. The number of aliphatic hydroxyl groups excluding tert-OH is 2. The van der Waals surface area contributed by atoms with Gasteiger partial charge in [0.15, 0.2) is 5.84 Å². The van der Waals surface area contributed by atoms with Crippen molar-refractivity contribution in [1.29, 1.82) is 0 Å². The molecule has 0 saturated carbocycles. The summed E-state index contributed by atoms with van der Waals surface area (Å²) in [6.45, 7) is 3.75. The van der Waals surface area contributed by atoms with Crippen LogP contribution >= 0.6 is 11.6 Å². The second-order valence-electron chi connectivity index (χ2n) is 7.79.